The first kappa shape index (κ1) is 19.7. The van der Waals surface area contributed by atoms with Crippen LogP contribution in [0.2, 0.25) is 5.02 Å². The lowest BCUT2D eigenvalue weighted by Gasteiger charge is -2.04. The van der Waals surface area contributed by atoms with Crippen LogP contribution in [0.4, 0.5) is 0 Å². The van der Waals surface area contributed by atoms with Gasteiger partial charge in [0.2, 0.25) is 0 Å². The first-order valence-corrected chi connectivity index (χ1v) is 9.42. The number of amides is 1. The van der Waals surface area contributed by atoms with Crippen molar-refractivity contribution in [2.75, 3.05) is 5.75 Å². The third-order valence-electron chi connectivity index (χ3n) is 3.68. The SMILES string of the molecule is Cn1c(SCC(=O)N/N=C\c2ccc(O)cc2O)nnc1-c1ccc(Cl)cc1. The van der Waals surface area contributed by atoms with Crippen LogP contribution >= 0.6 is 23.4 Å². The Hall–Kier alpha value is -3.04. The molecular formula is C18H16ClN5O3S. The number of benzene rings is 2. The van der Waals surface area contributed by atoms with E-state index < -0.39 is 0 Å². The number of halogens is 1. The minimum Gasteiger partial charge on any atom is -0.508 e. The quantitative estimate of drug-likeness (QED) is 0.323. The lowest BCUT2D eigenvalue weighted by molar-refractivity contribution is -0.118. The van der Waals surface area contributed by atoms with E-state index in [1.165, 1.54) is 36.2 Å². The molecule has 3 aromatic rings. The molecule has 0 radical (unpaired) electrons. The molecule has 0 atom stereocenters. The molecule has 144 valence electrons. The number of thioether (sulfide) groups is 1. The second-order valence-corrected chi connectivity index (χ2v) is 7.08. The standard InChI is InChI=1S/C18H16ClN5O3S/c1-24-17(11-2-5-13(19)6-3-11)22-23-18(24)28-10-16(27)21-20-9-12-4-7-14(25)8-15(12)26/h2-9,25-26H,10H2,1H3,(H,21,27)/b20-9-. The Morgan fingerprint density at radius 3 is 2.71 bits per heavy atom. The fourth-order valence-electron chi connectivity index (χ4n) is 2.27. The Morgan fingerprint density at radius 1 is 1.25 bits per heavy atom. The Labute approximate surface area is 169 Å². The van der Waals surface area contributed by atoms with E-state index in [0.717, 1.165) is 5.56 Å². The number of hydrazone groups is 1. The highest BCUT2D eigenvalue weighted by Crippen LogP contribution is 2.24. The maximum Gasteiger partial charge on any atom is 0.250 e. The number of hydrogen-bond donors (Lipinski definition) is 3. The van der Waals surface area contributed by atoms with Gasteiger partial charge < -0.3 is 14.8 Å². The molecule has 0 saturated carbocycles. The molecule has 0 aliphatic heterocycles. The molecule has 1 amide bonds. The highest BCUT2D eigenvalue weighted by molar-refractivity contribution is 7.99. The van der Waals surface area contributed by atoms with Crippen molar-refractivity contribution in [3.63, 3.8) is 0 Å². The van der Waals surface area contributed by atoms with Crippen molar-refractivity contribution in [3.05, 3.63) is 53.1 Å². The molecule has 3 N–H and O–H groups in total. The Bertz CT molecular complexity index is 1020. The highest BCUT2D eigenvalue weighted by atomic mass is 35.5. The van der Waals surface area contributed by atoms with Crippen molar-refractivity contribution in [2.24, 2.45) is 12.1 Å². The summed E-state index contributed by atoms with van der Waals surface area (Å²) in [6.45, 7) is 0. The molecule has 0 spiro atoms. The lowest BCUT2D eigenvalue weighted by Crippen LogP contribution is -2.19. The van der Waals surface area contributed by atoms with Crippen LogP contribution in [0.25, 0.3) is 11.4 Å². The van der Waals surface area contributed by atoms with Gasteiger partial charge in [0.05, 0.1) is 12.0 Å². The van der Waals surface area contributed by atoms with Gasteiger partial charge in [-0.25, -0.2) is 5.43 Å². The molecule has 0 aliphatic rings. The van der Waals surface area contributed by atoms with E-state index in [0.29, 0.717) is 21.6 Å². The smallest absolute Gasteiger partial charge is 0.250 e. The second kappa shape index (κ2) is 8.77. The Kier molecular flexibility index (Phi) is 6.17. The van der Waals surface area contributed by atoms with Crippen LogP contribution in [0.3, 0.4) is 0 Å². The topological polar surface area (TPSA) is 113 Å². The van der Waals surface area contributed by atoms with Crippen LogP contribution < -0.4 is 5.43 Å². The number of phenolic OH excluding ortho intramolecular Hbond substituents is 2. The summed E-state index contributed by atoms with van der Waals surface area (Å²) in [6.07, 6.45) is 1.29. The molecule has 0 fully saturated rings. The van der Waals surface area contributed by atoms with E-state index in [2.05, 4.69) is 20.7 Å². The summed E-state index contributed by atoms with van der Waals surface area (Å²) in [4.78, 5) is 12.0. The number of phenols is 2. The molecule has 0 unspecified atom stereocenters. The van der Waals surface area contributed by atoms with Crippen LogP contribution in [0, 0.1) is 0 Å². The minimum absolute atomic E-state index is 0.0586. The largest absolute Gasteiger partial charge is 0.508 e. The van der Waals surface area contributed by atoms with Gasteiger partial charge in [-0.3, -0.25) is 4.79 Å². The summed E-state index contributed by atoms with van der Waals surface area (Å²) in [5.74, 6) is 0.222. The molecule has 0 bridgehead atoms. The fraction of sp³-hybridized carbons (Fsp3) is 0.111. The van der Waals surface area contributed by atoms with Gasteiger partial charge in [-0.05, 0) is 36.4 Å². The van der Waals surface area contributed by atoms with E-state index in [1.807, 2.05) is 19.2 Å². The van der Waals surface area contributed by atoms with Crippen LogP contribution in [0.15, 0.2) is 52.7 Å². The fourth-order valence-corrected chi connectivity index (χ4v) is 3.10. The Morgan fingerprint density at radius 2 is 2.00 bits per heavy atom. The summed E-state index contributed by atoms with van der Waals surface area (Å²) in [6, 6.07) is 11.3. The summed E-state index contributed by atoms with van der Waals surface area (Å²) >= 11 is 7.12. The number of rotatable bonds is 6. The van der Waals surface area contributed by atoms with Crippen molar-refractivity contribution in [2.45, 2.75) is 5.16 Å². The van der Waals surface area contributed by atoms with Crippen LogP contribution in [0.5, 0.6) is 11.5 Å². The van der Waals surface area contributed by atoms with E-state index in [1.54, 1.807) is 16.7 Å². The Balaban J connectivity index is 1.56. The van der Waals surface area contributed by atoms with Crippen LogP contribution in [0.1, 0.15) is 5.56 Å². The second-order valence-electron chi connectivity index (χ2n) is 5.70. The zero-order valence-corrected chi connectivity index (χ0v) is 16.3. The highest BCUT2D eigenvalue weighted by Gasteiger charge is 2.12. The van der Waals surface area contributed by atoms with Gasteiger partial charge in [-0.2, -0.15) is 5.10 Å². The summed E-state index contributed by atoms with van der Waals surface area (Å²) in [5.41, 5.74) is 3.61. The van der Waals surface area contributed by atoms with Crippen LogP contribution in [-0.2, 0) is 11.8 Å². The molecule has 0 saturated heterocycles. The predicted octanol–water partition coefficient (Wildman–Crippen LogP) is 2.79. The van der Waals surface area contributed by atoms with Crippen molar-refractivity contribution in [3.8, 4) is 22.9 Å². The molecule has 3 rings (SSSR count). The lowest BCUT2D eigenvalue weighted by atomic mass is 10.2. The van der Waals surface area contributed by atoms with Gasteiger partial charge >= 0.3 is 0 Å². The number of aromatic nitrogens is 3. The average Bonchev–Trinajstić information content (AvgIpc) is 3.03. The van der Waals surface area contributed by atoms with Gasteiger partial charge in [0.1, 0.15) is 11.5 Å². The maximum absolute atomic E-state index is 12.0. The third-order valence-corrected chi connectivity index (χ3v) is 4.95. The summed E-state index contributed by atoms with van der Waals surface area (Å²) < 4.78 is 1.79. The summed E-state index contributed by atoms with van der Waals surface area (Å²) in [7, 11) is 1.82. The van der Waals surface area contributed by atoms with Gasteiger partial charge in [-0.1, -0.05) is 23.4 Å². The first-order chi connectivity index (χ1) is 13.4. The summed E-state index contributed by atoms with van der Waals surface area (Å²) in [5, 5.41) is 32.2. The average molecular weight is 418 g/mol. The maximum atomic E-state index is 12.0. The first-order valence-electron chi connectivity index (χ1n) is 8.06. The van der Waals surface area contributed by atoms with Crippen molar-refractivity contribution in [1.29, 1.82) is 0 Å². The molecule has 8 nitrogen and oxygen atoms in total. The third kappa shape index (κ3) is 4.81. The van der Waals surface area contributed by atoms with Crippen molar-refractivity contribution >= 4 is 35.5 Å². The van der Waals surface area contributed by atoms with Gasteiger partial charge in [0.25, 0.3) is 5.91 Å². The molecule has 2 aromatic carbocycles. The zero-order chi connectivity index (χ0) is 20.1. The molecule has 1 heterocycles. The molecular weight excluding hydrogens is 402 g/mol. The van der Waals surface area contributed by atoms with E-state index in [4.69, 9.17) is 11.6 Å². The predicted molar refractivity (Wildman–Crippen MR) is 108 cm³/mol. The number of carbonyl (C=O) groups is 1. The van der Waals surface area contributed by atoms with Crippen molar-refractivity contribution < 1.29 is 15.0 Å². The zero-order valence-electron chi connectivity index (χ0n) is 14.7. The van der Waals surface area contributed by atoms with Gasteiger partial charge in [0, 0.05) is 29.3 Å². The molecule has 10 heteroatoms. The number of nitrogens with zero attached hydrogens (tertiary/aromatic N) is 4. The van der Waals surface area contributed by atoms with Gasteiger partial charge in [-0.15, -0.1) is 10.2 Å². The number of aromatic hydroxyl groups is 2. The monoisotopic (exact) mass is 417 g/mol. The normalized spacial score (nSPS) is 11.1. The molecule has 1 aromatic heterocycles. The minimum atomic E-state index is -0.337. The molecule has 28 heavy (non-hydrogen) atoms. The van der Waals surface area contributed by atoms with Crippen LogP contribution in [-0.4, -0.2) is 42.9 Å². The molecule has 0 aliphatic carbocycles. The van der Waals surface area contributed by atoms with Gasteiger partial charge in [0.15, 0.2) is 11.0 Å². The van der Waals surface area contributed by atoms with E-state index >= 15 is 0 Å². The number of nitrogens with one attached hydrogen (secondary N) is 1. The number of hydrogen-bond acceptors (Lipinski definition) is 7. The van der Waals surface area contributed by atoms with E-state index in [9.17, 15) is 15.0 Å². The van der Waals surface area contributed by atoms with E-state index in [-0.39, 0.29) is 23.2 Å². The van der Waals surface area contributed by atoms with Crippen molar-refractivity contribution in [1.82, 2.24) is 20.2 Å². The number of carbonyl (C=O) groups excluding carboxylic acids is 1.